The first-order valence-electron chi connectivity index (χ1n) is 6.46. The molecule has 0 unspecified atom stereocenters. The van der Waals surface area contributed by atoms with Gasteiger partial charge in [-0.1, -0.05) is 5.92 Å². The van der Waals surface area contributed by atoms with E-state index >= 15 is 0 Å². The Kier molecular flexibility index (Phi) is 4.74. The lowest BCUT2D eigenvalue weighted by Gasteiger charge is -2.28. The Bertz CT molecular complexity index is 588. The van der Waals surface area contributed by atoms with Crippen LogP contribution >= 0.6 is 0 Å². The number of hydrogen-bond acceptors (Lipinski definition) is 5. The molecule has 1 saturated heterocycles. The van der Waals surface area contributed by atoms with Crippen molar-refractivity contribution in [2.45, 2.75) is 0 Å². The molecule has 0 aromatic heterocycles. The van der Waals surface area contributed by atoms with Crippen LogP contribution in [0.4, 0.5) is 11.4 Å². The zero-order valence-electron chi connectivity index (χ0n) is 11.4. The average molecular weight is 289 g/mol. The summed E-state index contributed by atoms with van der Waals surface area (Å²) < 4.78 is 5.23. The number of nitro groups is 1. The van der Waals surface area contributed by atoms with E-state index in [1.54, 1.807) is 12.1 Å². The van der Waals surface area contributed by atoms with Crippen molar-refractivity contribution in [2.24, 2.45) is 0 Å². The Morgan fingerprint density at radius 3 is 2.81 bits per heavy atom. The summed E-state index contributed by atoms with van der Waals surface area (Å²) in [5, 5.41) is 13.7. The van der Waals surface area contributed by atoms with E-state index in [-0.39, 0.29) is 17.8 Å². The molecular formula is C14H15N3O4. The van der Waals surface area contributed by atoms with Gasteiger partial charge in [-0.3, -0.25) is 14.9 Å². The SMILES string of the molecule is C#CCNC(=O)c1ccc(N2CCOCC2)c([N+](=O)[O-])c1. The van der Waals surface area contributed by atoms with Crippen LogP contribution < -0.4 is 10.2 Å². The van der Waals surface area contributed by atoms with Crippen LogP contribution in [0.5, 0.6) is 0 Å². The van der Waals surface area contributed by atoms with E-state index in [9.17, 15) is 14.9 Å². The van der Waals surface area contributed by atoms with Crippen LogP contribution in [0.15, 0.2) is 18.2 Å². The minimum atomic E-state index is -0.483. The summed E-state index contributed by atoms with van der Waals surface area (Å²) >= 11 is 0. The van der Waals surface area contributed by atoms with Gasteiger partial charge in [0.15, 0.2) is 0 Å². The van der Waals surface area contributed by atoms with Gasteiger partial charge in [-0.05, 0) is 12.1 Å². The quantitative estimate of drug-likeness (QED) is 0.503. The smallest absolute Gasteiger partial charge is 0.293 e. The number of ether oxygens (including phenoxy) is 1. The Morgan fingerprint density at radius 1 is 1.48 bits per heavy atom. The number of benzene rings is 1. The van der Waals surface area contributed by atoms with Gasteiger partial charge in [0.2, 0.25) is 0 Å². The molecule has 0 radical (unpaired) electrons. The van der Waals surface area contributed by atoms with Gasteiger partial charge in [-0.2, -0.15) is 0 Å². The highest BCUT2D eigenvalue weighted by Gasteiger charge is 2.23. The van der Waals surface area contributed by atoms with E-state index in [0.717, 1.165) is 0 Å². The van der Waals surface area contributed by atoms with Gasteiger partial charge in [0, 0.05) is 24.7 Å². The summed E-state index contributed by atoms with van der Waals surface area (Å²) in [4.78, 5) is 24.4. The molecule has 1 heterocycles. The van der Waals surface area contributed by atoms with Crippen molar-refractivity contribution in [3.8, 4) is 12.3 Å². The molecule has 1 N–H and O–H groups in total. The van der Waals surface area contributed by atoms with Gasteiger partial charge in [0.1, 0.15) is 5.69 Å². The number of morpholine rings is 1. The topological polar surface area (TPSA) is 84.7 Å². The molecule has 7 nitrogen and oxygen atoms in total. The van der Waals surface area contributed by atoms with Crippen molar-refractivity contribution in [1.29, 1.82) is 0 Å². The van der Waals surface area contributed by atoms with Crippen molar-refractivity contribution in [3.63, 3.8) is 0 Å². The fraction of sp³-hybridized carbons (Fsp3) is 0.357. The Hall–Kier alpha value is -2.59. The summed E-state index contributed by atoms with van der Waals surface area (Å²) in [6.07, 6.45) is 5.06. The van der Waals surface area contributed by atoms with Crippen molar-refractivity contribution in [3.05, 3.63) is 33.9 Å². The predicted molar refractivity (Wildman–Crippen MR) is 77.3 cm³/mol. The van der Waals surface area contributed by atoms with E-state index < -0.39 is 10.8 Å². The van der Waals surface area contributed by atoms with Gasteiger partial charge in [0.05, 0.1) is 24.7 Å². The summed E-state index contributed by atoms with van der Waals surface area (Å²) in [5.41, 5.74) is 0.621. The lowest BCUT2D eigenvalue weighted by Crippen LogP contribution is -2.36. The minimum Gasteiger partial charge on any atom is -0.378 e. The second-order valence-electron chi connectivity index (χ2n) is 4.45. The molecule has 0 bridgehead atoms. The lowest BCUT2D eigenvalue weighted by atomic mass is 10.1. The van der Waals surface area contributed by atoms with Crippen molar-refractivity contribution >= 4 is 17.3 Å². The number of nitrogens with one attached hydrogen (secondary N) is 1. The van der Waals surface area contributed by atoms with Crippen molar-refractivity contribution in [2.75, 3.05) is 37.7 Å². The standard InChI is InChI=1S/C14H15N3O4/c1-2-5-15-14(18)11-3-4-12(13(10-11)17(19)20)16-6-8-21-9-7-16/h1,3-4,10H,5-9H2,(H,15,18). The molecule has 0 aliphatic carbocycles. The van der Waals surface area contributed by atoms with Crippen LogP contribution in [-0.2, 0) is 4.74 Å². The van der Waals surface area contributed by atoms with E-state index in [2.05, 4.69) is 11.2 Å². The number of amides is 1. The average Bonchev–Trinajstić information content (AvgIpc) is 2.52. The third kappa shape index (κ3) is 3.49. The molecule has 21 heavy (non-hydrogen) atoms. The zero-order chi connectivity index (χ0) is 15.2. The Morgan fingerprint density at radius 2 is 2.19 bits per heavy atom. The van der Waals surface area contributed by atoms with Gasteiger partial charge < -0.3 is 15.0 Å². The van der Waals surface area contributed by atoms with Gasteiger partial charge in [0.25, 0.3) is 11.6 Å². The van der Waals surface area contributed by atoms with Gasteiger partial charge in [-0.15, -0.1) is 6.42 Å². The maximum Gasteiger partial charge on any atom is 0.293 e. The fourth-order valence-electron chi connectivity index (χ4n) is 2.12. The Labute approximate surface area is 122 Å². The molecule has 1 aromatic carbocycles. The number of hydrogen-bond donors (Lipinski definition) is 1. The highest BCUT2D eigenvalue weighted by atomic mass is 16.6. The molecule has 110 valence electrons. The monoisotopic (exact) mass is 289 g/mol. The first kappa shape index (κ1) is 14.8. The number of nitrogens with zero attached hydrogens (tertiary/aromatic N) is 2. The van der Waals surface area contributed by atoms with E-state index in [1.165, 1.54) is 6.07 Å². The molecular weight excluding hydrogens is 274 g/mol. The molecule has 2 rings (SSSR count). The Balaban J connectivity index is 2.28. The van der Waals surface area contributed by atoms with Crippen LogP contribution in [0.2, 0.25) is 0 Å². The normalized spacial score (nSPS) is 14.3. The number of anilines is 1. The largest absolute Gasteiger partial charge is 0.378 e. The molecule has 1 aliphatic heterocycles. The van der Waals surface area contributed by atoms with Crippen LogP contribution in [0.1, 0.15) is 10.4 Å². The van der Waals surface area contributed by atoms with Crippen LogP contribution in [0.3, 0.4) is 0 Å². The van der Waals surface area contributed by atoms with Gasteiger partial charge >= 0.3 is 0 Å². The van der Waals surface area contributed by atoms with Crippen LogP contribution in [0.25, 0.3) is 0 Å². The predicted octanol–water partition coefficient (Wildman–Crippen LogP) is 0.794. The molecule has 1 aliphatic rings. The molecule has 0 saturated carbocycles. The van der Waals surface area contributed by atoms with Crippen molar-refractivity contribution in [1.82, 2.24) is 5.32 Å². The second kappa shape index (κ2) is 6.72. The number of terminal acetylenes is 1. The highest BCUT2D eigenvalue weighted by molar-refractivity contribution is 5.95. The maximum atomic E-state index is 11.8. The number of nitro benzene ring substituents is 1. The van der Waals surface area contributed by atoms with Crippen LogP contribution in [0, 0.1) is 22.5 Å². The minimum absolute atomic E-state index is 0.0812. The molecule has 7 heteroatoms. The van der Waals surface area contributed by atoms with Gasteiger partial charge in [-0.25, -0.2) is 0 Å². The maximum absolute atomic E-state index is 11.8. The third-order valence-corrected chi connectivity index (χ3v) is 3.14. The van der Waals surface area contributed by atoms with Crippen molar-refractivity contribution < 1.29 is 14.5 Å². The first-order valence-corrected chi connectivity index (χ1v) is 6.46. The van der Waals surface area contributed by atoms with Crippen LogP contribution in [-0.4, -0.2) is 43.7 Å². The summed E-state index contributed by atoms with van der Waals surface area (Å²) in [6.45, 7) is 2.31. The van der Waals surface area contributed by atoms with E-state index in [4.69, 9.17) is 11.2 Å². The summed E-state index contributed by atoms with van der Waals surface area (Å²) in [7, 11) is 0. The molecule has 1 fully saturated rings. The summed E-state index contributed by atoms with van der Waals surface area (Å²) in [6, 6.07) is 4.43. The van der Waals surface area contributed by atoms with E-state index in [0.29, 0.717) is 32.0 Å². The third-order valence-electron chi connectivity index (χ3n) is 3.14. The highest BCUT2D eigenvalue weighted by Crippen LogP contribution is 2.29. The molecule has 1 aromatic rings. The fourth-order valence-corrected chi connectivity index (χ4v) is 2.12. The second-order valence-corrected chi connectivity index (χ2v) is 4.45. The molecule has 1 amide bonds. The molecule has 0 atom stereocenters. The first-order chi connectivity index (χ1) is 10.1. The number of carbonyl (C=O) groups excluding carboxylic acids is 1. The molecule has 0 spiro atoms. The lowest BCUT2D eigenvalue weighted by molar-refractivity contribution is -0.384. The number of rotatable bonds is 4. The zero-order valence-corrected chi connectivity index (χ0v) is 11.4. The van der Waals surface area contributed by atoms with E-state index in [1.807, 2.05) is 4.90 Å². The summed E-state index contributed by atoms with van der Waals surface area (Å²) in [5.74, 6) is 1.85. The number of carbonyl (C=O) groups is 1.